The third kappa shape index (κ3) is 1.74. The summed E-state index contributed by atoms with van der Waals surface area (Å²) in [5.41, 5.74) is 1.94. The van der Waals surface area contributed by atoms with Crippen molar-refractivity contribution in [3.8, 4) is 23.1 Å². The van der Waals surface area contributed by atoms with Gasteiger partial charge in [-0.05, 0) is 30.3 Å². The molecule has 6 heteroatoms. The Bertz CT molecular complexity index is 865. The second-order valence-corrected chi connectivity index (χ2v) is 4.28. The van der Waals surface area contributed by atoms with Gasteiger partial charge in [-0.2, -0.15) is 4.98 Å². The van der Waals surface area contributed by atoms with Crippen molar-refractivity contribution >= 4 is 10.9 Å². The summed E-state index contributed by atoms with van der Waals surface area (Å²) >= 11 is 0. The van der Waals surface area contributed by atoms with Crippen LogP contribution in [-0.4, -0.2) is 25.1 Å². The van der Waals surface area contributed by atoms with Crippen LogP contribution in [0.1, 0.15) is 0 Å². The lowest BCUT2D eigenvalue weighted by atomic mass is 10.1. The van der Waals surface area contributed by atoms with Crippen molar-refractivity contribution in [2.45, 2.75) is 0 Å². The summed E-state index contributed by atoms with van der Waals surface area (Å²) in [5, 5.41) is 5.01. The van der Waals surface area contributed by atoms with Crippen LogP contribution in [0.25, 0.3) is 34.0 Å². The van der Waals surface area contributed by atoms with E-state index in [0.29, 0.717) is 17.5 Å². The van der Waals surface area contributed by atoms with E-state index in [0.717, 1.165) is 16.5 Å². The van der Waals surface area contributed by atoms with Crippen molar-refractivity contribution in [1.82, 2.24) is 25.1 Å². The Morgan fingerprint density at radius 3 is 2.80 bits per heavy atom. The highest BCUT2D eigenvalue weighted by atomic mass is 16.5. The van der Waals surface area contributed by atoms with E-state index in [1.807, 2.05) is 30.5 Å². The molecule has 0 radical (unpaired) electrons. The highest BCUT2D eigenvalue weighted by molar-refractivity contribution is 5.83. The fourth-order valence-corrected chi connectivity index (χ4v) is 2.03. The first-order valence-corrected chi connectivity index (χ1v) is 6.09. The number of benzene rings is 1. The zero-order valence-electron chi connectivity index (χ0n) is 10.3. The van der Waals surface area contributed by atoms with Gasteiger partial charge in [-0.1, -0.05) is 5.16 Å². The first kappa shape index (κ1) is 10.9. The van der Waals surface area contributed by atoms with Crippen LogP contribution in [0.3, 0.4) is 0 Å². The van der Waals surface area contributed by atoms with E-state index in [2.05, 4.69) is 25.1 Å². The Kier molecular flexibility index (Phi) is 2.32. The number of nitrogens with zero attached hydrogens (tertiary/aromatic N) is 4. The van der Waals surface area contributed by atoms with E-state index in [4.69, 9.17) is 4.52 Å². The third-order valence-corrected chi connectivity index (χ3v) is 2.99. The molecule has 0 atom stereocenters. The molecule has 96 valence electrons. The van der Waals surface area contributed by atoms with Crippen LogP contribution in [0.2, 0.25) is 0 Å². The average molecular weight is 263 g/mol. The van der Waals surface area contributed by atoms with E-state index in [1.54, 1.807) is 18.5 Å². The number of aromatic amines is 1. The molecule has 6 nitrogen and oxygen atoms in total. The molecule has 0 aliphatic rings. The standard InChI is InChI=1S/C14H9N5O/c1-5-16-12(17-6-1)13-18-14(20-19-13)10-2-3-11-9(8-10)4-7-15-11/h1-8,15H. The molecule has 4 aromatic rings. The maximum atomic E-state index is 5.28. The maximum absolute atomic E-state index is 5.28. The summed E-state index contributed by atoms with van der Waals surface area (Å²) in [4.78, 5) is 15.7. The van der Waals surface area contributed by atoms with Crippen molar-refractivity contribution in [2.24, 2.45) is 0 Å². The van der Waals surface area contributed by atoms with Gasteiger partial charge in [0.2, 0.25) is 11.6 Å². The SMILES string of the molecule is c1cnc(-c2noc(-c3ccc4[nH]ccc4c3)n2)nc1. The molecule has 0 spiro atoms. The van der Waals surface area contributed by atoms with Crippen LogP contribution in [0.5, 0.6) is 0 Å². The first-order valence-electron chi connectivity index (χ1n) is 6.09. The summed E-state index contributed by atoms with van der Waals surface area (Å²) in [6.07, 6.45) is 5.18. The van der Waals surface area contributed by atoms with Gasteiger partial charge < -0.3 is 9.51 Å². The fourth-order valence-electron chi connectivity index (χ4n) is 2.03. The largest absolute Gasteiger partial charge is 0.361 e. The molecule has 0 unspecified atom stereocenters. The zero-order chi connectivity index (χ0) is 13.4. The van der Waals surface area contributed by atoms with E-state index < -0.39 is 0 Å². The molecular formula is C14H9N5O. The van der Waals surface area contributed by atoms with E-state index in [-0.39, 0.29) is 0 Å². The van der Waals surface area contributed by atoms with Gasteiger partial charge in [-0.25, -0.2) is 9.97 Å². The normalized spacial score (nSPS) is 11.0. The first-order chi connectivity index (χ1) is 9.90. The van der Waals surface area contributed by atoms with Crippen molar-refractivity contribution in [2.75, 3.05) is 0 Å². The predicted molar refractivity (Wildman–Crippen MR) is 72.6 cm³/mol. The molecule has 1 N–H and O–H groups in total. The lowest BCUT2D eigenvalue weighted by Gasteiger charge is -1.94. The molecule has 0 saturated carbocycles. The minimum absolute atomic E-state index is 0.384. The summed E-state index contributed by atoms with van der Waals surface area (Å²) in [6.45, 7) is 0. The highest BCUT2D eigenvalue weighted by Crippen LogP contribution is 2.23. The molecule has 20 heavy (non-hydrogen) atoms. The number of fused-ring (bicyclic) bond motifs is 1. The quantitative estimate of drug-likeness (QED) is 0.601. The number of hydrogen-bond donors (Lipinski definition) is 1. The lowest BCUT2D eigenvalue weighted by molar-refractivity contribution is 0.432. The monoisotopic (exact) mass is 263 g/mol. The molecular weight excluding hydrogens is 254 g/mol. The lowest BCUT2D eigenvalue weighted by Crippen LogP contribution is -1.88. The van der Waals surface area contributed by atoms with Crippen molar-refractivity contribution < 1.29 is 4.52 Å². The molecule has 4 rings (SSSR count). The average Bonchev–Trinajstić information content (AvgIpc) is 3.16. The van der Waals surface area contributed by atoms with Crippen LogP contribution >= 0.6 is 0 Å². The van der Waals surface area contributed by atoms with Gasteiger partial charge in [0.15, 0.2) is 0 Å². The Morgan fingerprint density at radius 2 is 1.90 bits per heavy atom. The molecule has 0 aliphatic carbocycles. The maximum Gasteiger partial charge on any atom is 0.258 e. The van der Waals surface area contributed by atoms with Crippen molar-refractivity contribution in [1.29, 1.82) is 0 Å². The Labute approximate surface area is 113 Å². The topological polar surface area (TPSA) is 80.5 Å². The smallest absolute Gasteiger partial charge is 0.258 e. The third-order valence-electron chi connectivity index (χ3n) is 2.99. The number of aromatic nitrogens is 5. The number of hydrogen-bond acceptors (Lipinski definition) is 5. The van der Waals surface area contributed by atoms with Crippen molar-refractivity contribution in [3.05, 3.63) is 48.9 Å². The van der Waals surface area contributed by atoms with Crippen molar-refractivity contribution in [3.63, 3.8) is 0 Å². The Hall–Kier alpha value is -3.02. The van der Waals surface area contributed by atoms with Gasteiger partial charge >= 0.3 is 0 Å². The number of H-pyrrole nitrogens is 1. The van der Waals surface area contributed by atoms with Crippen LogP contribution in [0, 0.1) is 0 Å². The highest BCUT2D eigenvalue weighted by Gasteiger charge is 2.12. The van der Waals surface area contributed by atoms with Crippen LogP contribution < -0.4 is 0 Å². The van der Waals surface area contributed by atoms with Crippen LogP contribution in [-0.2, 0) is 0 Å². The molecule has 0 saturated heterocycles. The van der Waals surface area contributed by atoms with Crippen LogP contribution in [0.15, 0.2) is 53.4 Å². The Morgan fingerprint density at radius 1 is 1.00 bits per heavy atom. The van der Waals surface area contributed by atoms with Gasteiger partial charge in [0.25, 0.3) is 5.89 Å². The van der Waals surface area contributed by atoms with Gasteiger partial charge in [-0.15, -0.1) is 0 Å². The molecule has 0 aliphatic heterocycles. The van der Waals surface area contributed by atoms with E-state index in [1.165, 1.54) is 0 Å². The molecule has 0 bridgehead atoms. The molecule has 1 aromatic carbocycles. The zero-order valence-corrected chi connectivity index (χ0v) is 10.3. The molecule has 0 fully saturated rings. The Balaban J connectivity index is 1.77. The summed E-state index contributed by atoms with van der Waals surface area (Å²) in [7, 11) is 0. The van der Waals surface area contributed by atoms with Crippen LogP contribution in [0.4, 0.5) is 0 Å². The number of nitrogens with one attached hydrogen (secondary N) is 1. The van der Waals surface area contributed by atoms with Gasteiger partial charge in [0.1, 0.15) is 0 Å². The second-order valence-electron chi connectivity index (χ2n) is 4.28. The van der Waals surface area contributed by atoms with E-state index >= 15 is 0 Å². The second kappa shape index (κ2) is 4.27. The minimum atomic E-state index is 0.384. The van der Waals surface area contributed by atoms with E-state index in [9.17, 15) is 0 Å². The van der Waals surface area contributed by atoms with Gasteiger partial charge in [0, 0.05) is 35.1 Å². The fraction of sp³-hybridized carbons (Fsp3) is 0. The minimum Gasteiger partial charge on any atom is -0.361 e. The summed E-state index contributed by atoms with van der Waals surface area (Å²) in [5.74, 6) is 1.29. The summed E-state index contributed by atoms with van der Waals surface area (Å²) < 4.78 is 5.28. The molecule has 3 heterocycles. The predicted octanol–water partition coefficient (Wildman–Crippen LogP) is 2.67. The summed E-state index contributed by atoms with van der Waals surface area (Å²) in [6, 6.07) is 9.64. The number of rotatable bonds is 2. The van der Waals surface area contributed by atoms with Gasteiger partial charge in [0.05, 0.1) is 0 Å². The van der Waals surface area contributed by atoms with Gasteiger partial charge in [-0.3, -0.25) is 0 Å². The molecule has 3 aromatic heterocycles. The molecule has 0 amide bonds.